The minimum atomic E-state index is -0.368. The number of hydrogen-bond acceptors (Lipinski definition) is 4. The van der Waals surface area contributed by atoms with Gasteiger partial charge in [-0.1, -0.05) is 23.7 Å². The van der Waals surface area contributed by atoms with Gasteiger partial charge in [0.05, 0.1) is 12.1 Å². The predicted octanol–water partition coefficient (Wildman–Crippen LogP) is 3.32. The zero-order valence-electron chi connectivity index (χ0n) is 12.0. The Hall–Kier alpha value is -1.43. The molecule has 2 aromatic rings. The number of ether oxygens (including phenoxy) is 1. The zero-order valence-corrected chi connectivity index (χ0v) is 13.6. The summed E-state index contributed by atoms with van der Waals surface area (Å²) in [7, 11) is 0. The first-order valence-corrected chi connectivity index (χ1v) is 8.37. The highest BCUT2D eigenvalue weighted by atomic mass is 35.5. The van der Waals surface area contributed by atoms with E-state index in [-0.39, 0.29) is 11.4 Å². The Labute approximate surface area is 138 Å². The summed E-state index contributed by atoms with van der Waals surface area (Å²) >= 11 is 7.15. The van der Waals surface area contributed by atoms with Gasteiger partial charge in [-0.05, 0) is 54.6 Å². The van der Waals surface area contributed by atoms with Gasteiger partial charge in [-0.3, -0.25) is 4.79 Å². The molecule has 1 N–H and O–H groups in total. The van der Waals surface area contributed by atoms with E-state index < -0.39 is 0 Å². The SMILES string of the molecule is O=C(NC1(Cc2ccc(Cl)cc2)CCCOC1)c1ccns1. The normalized spacial score (nSPS) is 21.5. The van der Waals surface area contributed by atoms with Gasteiger partial charge in [0.15, 0.2) is 0 Å². The molecule has 1 unspecified atom stereocenters. The third kappa shape index (κ3) is 3.66. The van der Waals surface area contributed by atoms with E-state index in [4.69, 9.17) is 16.3 Å². The van der Waals surface area contributed by atoms with Crippen molar-refractivity contribution in [3.8, 4) is 0 Å². The molecule has 0 spiro atoms. The molecular weight excluding hydrogens is 320 g/mol. The number of hydrogen-bond donors (Lipinski definition) is 1. The lowest BCUT2D eigenvalue weighted by molar-refractivity contribution is 0.0198. The van der Waals surface area contributed by atoms with E-state index in [1.165, 1.54) is 11.5 Å². The molecule has 1 atom stereocenters. The van der Waals surface area contributed by atoms with Crippen LogP contribution in [0.4, 0.5) is 0 Å². The maximum absolute atomic E-state index is 12.4. The summed E-state index contributed by atoms with van der Waals surface area (Å²) in [6.45, 7) is 1.28. The lowest BCUT2D eigenvalue weighted by Gasteiger charge is -2.38. The zero-order chi connectivity index (χ0) is 15.4. The second kappa shape index (κ2) is 6.77. The standard InChI is InChI=1S/C16H17ClN2O2S/c17-13-4-2-12(3-5-13)10-16(7-1-9-21-11-16)19-15(20)14-6-8-18-22-14/h2-6,8H,1,7,9-11H2,(H,19,20). The van der Waals surface area contributed by atoms with Crippen molar-refractivity contribution in [2.24, 2.45) is 0 Å². The fourth-order valence-electron chi connectivity index (χ4n) is 2.76. The van der Waals surface area contributed by atoms with Gasteiger partial charge in [0, 0.05) is 17.8 Å². The third-order valence-electron chi connectivity index (χ3n) is 3.82. The summed E-state index contributed by atoms with van der Waals surface area (Å²) in [6.07, 6.45) is 4.22. The van der Waals surface area contributed by atoms with Crippen molar-refractivity contribution in [3.05, 3.63) is 52.0 Å². The Balaban J connectivity index is 1.78. The number of amides is 1. The van der Waals surface area contributed by atoms with Crippen LogP contribution in [0.25, 0.3) is 0 Å². The van der Waals surface area contributed by atoms with Gasteiger partial charge in [-0.15, -0.1) is 0 Å². The molecule has 1 aromatic heterocycles. The molecule has 3 rings (SSSR count). The number of carbonyl (C=O) groups is 1. The highest BCUT2D eigenvalue weighted by molar-refractivity contribution is 7.08. The van der Waals surface area contributed by atoms with E-state index in [1.54, 1.807) is 12.3 Å². The van der Waals surface area contributed by atoms with Crippen LogP contribution < -0.4 is 5.32 Å². The molecule has 1 aromatic carbocycles. The summed E-state index contributed by atoms with van der Waals surface area (Å²) < 4.78 is 9.63. The smallest absolute Gasteiger partial charge is 0.263 e. The fraction of sp³-hybridized carbons (Fsp3) is 0.375. The van der Waals surface area contributed by atoms with E-state index >= 15 is 0 Å². The van der Waals surface area contributed by atoms with Crippen LogP contribution >= 0.6 is 23.1 Å². The van der Waals surface area contributed by atoms with Crippen LogP contribution in [0.2, 0.25) is 5.02 Å². The number of rotatable bonds is 4. The number of halogens is 1. The second-order valence-electron chi connectivity index (χ2n) is 5.57. The molecule has 0 radical (unpaired) electrons. The monoisotopic (exact) mass is 336 g/mol. The van der Waals surface area contributed by atoms with E-state index in [1.807, 2.05) is 24.3 Å². The maximum Gasteiger partial charge on any atom is 0.263 e. The molecule has 4 nitrogen and oxygen atoms in total. The minimum absolute atomic E-state index is 0.0815. The first kappa shape index (κ1) is 15.5. The van der Waals surface area contributed by atoms with Crippen molar-refractivity contribution in [1.82, 2.24) is 9.69 Å². The molecule has 6 heteroatoms. The molecule has 1 fully saturated rings. The first-order valence-electron chi connectivity index (χ1n) is 7.22. The second-order valence-corrected chi connectivity index (χ2v) is 6.84. The van der Waals surface area contributed by atoms with Crippen molar-refractivity contribution < 1.29 is 9.53 Å². The minimum Gasteiger partial charge on any atom is -0.379 e. The number of benzene rings is 1. The molecule has 2 heterocycles. The quantitative estimate of drug-likeness (QED) is 0.931. The Bertz CT molecular complexity index is 622. The Morgan fingerprint density at radius 2 is 2.18 bits per heavy atom. The van der Waals surface area contributed by atoms with Crippen molar-refractivity contribution in [1.29, 1.82) is 0 Å². The maximum atomic E-state index is 12.4. The van der Waals surface area contributed by atoms with Crippen LogP contribution in [-0.4, -0.2) is 29.0 Å². The molecule has 1 saturated heterocycles. The Kier molecular flexibility index (Phi) is 4.76. The fourth-order valence-corrected chi connectivity index (χ4v) is 3.38. The summed E-state index contributed by atoms with van der Waals surface area (Å²) in [5.41, 5.74) is 0.771. The average Bonchev–Trinajstić information content (AvgIpc) is 3.05. The summed E-state index contributed by atoms with van der Waals surface area (Å²) in [5.74, 6) is -0.0815. The molecule has 1 aliphatic rings. The summed E-state index contributed by atoms with van der Waals surface area (Å²) in [5, 5.41) is 3.89. The Morgan fingerprint density at radius 3 is 2.82 bits per heavy atom. The van der Waals surface area contributed by atoms with Gasteiger partial charge < -0.3 is 10.1 Å². The van der Waals surface area contributed by atoms with Crippen molar-refractivity contribution in [3.63, 3.8) is 0 Å². The van der Waals surface area contributed by atoms with Crippen molar-refractivity contribution in [2.45, 2.75) is 24.8 Å². The van der Waals surface area contributed by atoms with Gasteiger partial charge in [-0.25, -0.2) is 4.37 Å². The molecule has 0 bridgehead atoms. The predicted molar refractivity (Wildman–Crippen MR) is 87.5 cm³/mol. The molecule has 1 aliphatic heterocycles. The van der Waals surface area contributed by atoms with Gasteiger partial charge in [0.2, 0.25) is 0 Å². The summed E-state index contributed by atoms with van der Waals surface area (Å²) in [4.78, 5) is 13.0. The molecule has 116 valence electrons. The molecule has 0 saturated carbocycles. The molecule has 22 heavy (non-hydrogen) atoms. The van der Waals surface area contributed by atoms with E-state index in [9.17, 15) is 4.79 Å². The molecule has 0 aliphatic carbocycles. The van der Waals surface area contributed by atoms with E-state index in [0.29, 0.717) is 16.5 Å². The third-order valence-corrected chi connectivity index (χ3v) is 4.82. The van der Waals surface area contributed by atoms with Crippen LogP contribution in [0.15, 0.2) is 36.5 Å². The van der Waals surface area contributed by atoms with Gasteiger partial charge in [-0.2, -0.15) is 0 Å². The molecular formula is C16H17ClN2O2S. The van der Waals surface area contributed by atoms with Crippen molar-refractivity contribution >= 4 is 29.0 Å². The van der Waals surface area contributed by atoms with Crippen molar-refractivity contribution in [2.75, 3.05) is 13.2 Å². The number of aromatic nitrogens is 1. The van der Waals surface area contributed by atoms with Crippen LogP contribution in [0.1, 0.15) is 28.1 Å². The first-order chi connectivity index (χ1) is 10.7. The number of nitrogens with zero attached hydrogens (tertiary/aromatic N) is 1. The van der Waals surface area contributed by atoms with E-state index in [2.05, 4.69) is 9.69 Å². The van der Waals surface area contributed by atoms with E-state index in [0.717, 1.165) is 31.4 Å². The topological polar surface area (TPSA) is 51.2 Å². The largest absolute Gasteiger partial charge is 0.379 e. The number of carbonyl (C=O) groups excluding carboxylic acids is 1. The highest BCUT2D eigenvalue weighted by Crippen LogP contribution is 2.25. The average molecular weight is 337 g/mol. The van der Waals surface area contributed by atoms with Crippen LogP contribution in [0.5, 0.6) is 0 Å². The lowest BCUT2D eigenvalue weighted by Crippen LogP contribution is -2.55. The lowest BCUT2D eigenvalue weighted by atomic mass is 9.85. The van der Waals surface area contributed by atoms with Gasteiger partial charge >= 0.3 is 0 Å². The van der Waals surface area contributed by atoms with Crippen LogP contribution in [-0.2, 0) is 11.2 Å². The van der Waals surface area contributed by atoms with Crippen LogP contribution in [0, 0.1) is 0 Å². The summed E-state index contributed by atoms with van der Waals surface area (Å²) in [6, 6.07) is 9.48. The highest BCUT2D eigenvalue weighted by Gasteiger charge is 2.35. The number of nitrogens with one attached hydrogen (secondary N) is 1. The van der Waals surface area contributed by atoms with Crippen LogP contribution in [0.3, 0.4) is 0 Å². The van der Waals surface area contributed by atoms with Gasteiger partial charge in [0.25, 0.3) is 5.91 Å². The molecule has 1 amide bonds. The Morgan fingerprint density at radius 1 is 1.36 bits per heavy atom. The van der Waals surface area contributed by atoms with Gasteiger partial charge in [0.1, 0.15) is 4.88 Å².